The molecule has 0 aromatic heterocycles. The Kier molecular flexibility index (Phi) is 5.25. The molecule has 0 bridgehead atoms. The Bertz CT molecular complexity index is 185. The molecule has 1 rings (SSSR count). The van der Waals surface area contributed by atoms with Crippen LogP contribution in [0.2, 0.25) is 15.8 Å². The van der Waals surface area contributed by atoms with Crippen LogP contribution in [-0.4, -0.2) is 26.4 Å². The predicted molar refractivity (Wildman–Crippen MR) is 67.3 cm³/mol. The van der Waals surface area contributed by atoms with Crippen molar-refractivity contribution < 1.29 is 0 Å². The summed E-state index contributed by atoms with van der Waals surface area (Å²) in [5, 5.41) is 8.02. The van der Waals surface area contributed by atoms with Crippen molar-refractivity contribution in [1.29, 1.82) is 0 Å². The van der Waals surface area contributed by atoms with E-state index in [0.717, 1.165) is 12.5 Å². The van der Waals surface area contributed by atoms with Crippen LogP contribution in [0.3, 0.4) is 0 Å². The number of hydrogen-bond donors (Lipinski definition) is 1. The second kappa shape index (κ2) is 5.96. The quantitative estimate of drug-likeness (QED) is 0.764. The molecular formula is C12H25GeN. The van der Waals surface area contributed by atoms with Crippen molar-refractivity contribution in [2.45, 2.75) is 43.0 Å². The summed E-state index contributed by atoms with van der Waals surface area (Å²) in [6.45, 7) is 9.51. The van der Waals surface area contributed by atoms with Gasteiger partial charge in [0.25, 0.3) is 0 Å². The zero-order valence-corrected chi connectivity index (χ0v) is 12.1. The molecule has 0 saturated heterocycles. The maximum atomic E-state index is 3.52. The Balaban J connectivity index is 2.73. The van der Waals surface area contributed by atoms with E-state index in [0.29, 0.717) is 0 Å². The average Bonchev–Trinajstić information content (AvgIpc) is 2.19. The van der Waals surface area contributed by atoms with Gasteiger partial charge in [0.1, 0.15) is 0 Å². The van der Waals surface area contributed by atoms with Gasteiger partial charge >= 0.3 is 91.5 Å². The van der Waals surface area contributed by atoms with Crippen LogP contribution < -0.4 is 5.32 Å². The van der Waals surface area contributed by atoms with E-state index in [1.54, 1.807) is 5.25 Å². The molecule has 0 aromatic carbocycles. The first-order chi connectivity index (χ1) is 6.76. The van der Waals surface area contributed by atoms with E-state index < -0.39 is 13.3 Å². The first-order valence-corrected chi connectivity index (χ1v) is 11.8. The predicted octanol–water partition coefficient (Wildman–Crippen LogP) is 3.20. The van der Waals surface area contributed by atoms with Gasteiger partial charge in [-0.05, 0) is 0 Å². The molecular weight excluding hydrogens is 231 g/mol. The van der Waals surface area contributed by atoms with Crippen LogP contribution in [0.1, 0.15) is 27.2 Å². The van der Waals surface area contributed by atoms with E-state index in [9.17, 15) is 0 Å². The van der Waals surface area contributed by atoms with E-state index in [1.165, 1.54) is 23.5 Å². The van der Waals surface area contributed by atoms with E-state index >= 15 is 0 Å². The molecule has 2 heteroatoms. The zero-order valence-electron chi connectivity index (χ0n) is 9.97. The first-order valence-electron chi connectivity index (χ1n) is 6.14. The van der Waals surface area contributed by atoms with Gasteiger partial charge in [-0.1, -0.05) is 0 Å². The van der Waals surface area contributed by atoms with Gasteiger partial charge in [0.05, 0.1) is 0 Å². The summed E-state index contributed by atoms with van der Waals surface area (Å²) in [5.41, 5.74) is 0. The minimum atomic E-state index is -1.55. The third-order valence-electron chi connectivity index (χ3n) is 3.85. The molecule has 1 N–H and O–H groups in total. The summed E-state index contributed by atoms with van der Waals surface area (Å²) in [4.78, 5) is 2.65. The molecule has 1 nitrogen and oxygen atoms in total. The van der Waals surface area contributed by atoms with Crippen molar-refractivity contribution in [3.05, 3.63) is 11.0 Å². The molecule has 0 aromatic rings. The fourth-order valence-corrected chi connectivity index (χ4v) is 10.6. The number of hydrogen-bond acceptors (Lipinski definition) is 1. The molecule has 1 unspecified atom stereocenters. The van der Waals surface area contributed by atoms with E-state index in [4.69, 9.17) is 0 Å². The van der Waals surface area contributed by atoms with E-state index in [-0.39, 0.29) is 0 Å². The normalized spacial score (nSPS) is 29.2. The summed E-state index contributed by atoms with van der Waals surface area (Å²) >= 11 is -1.55. The third-order valence-corrected chi connectivity index (χ3v) is 14.7. The first kappa shape index (κ1) is 12.3. The van der Waals surface area contributed by atoms with Gasteiger partial charge in [-0.25, -0.2) is 0 Å². The Hall–Kier alpha value is 0.243. The maximum absolute atomic E-state index is 3.52. The van der Waals surface area contributed by atoms with Crippen LogP contribution in [0, 0.1) is 5.92 Å². The molecule has 0 saturated carbocycles. The molecule has 0 fully saturated rings. The van der Waals surface area contributed by atoms with Crippen LogP contribution in [0.15, 0.2) is 11.0 Å². The number of rotatable bonds is 3. The summed E-state index contributed by atoms with van der Waals surface area (Å²) in [5.74, 6) is 0.944. The zero-order chi connectivity index (χ0) is 10.4. The van der Waals surface area contributed by atoms with Crippen LogP contribution in [0.4, 0.5) is 0 Å². The van der Waals surface area contributed by atoms with Gasteiger partial charge in [0.2, 0.25) is 0 Å². The molecule has 0 spiro atoms. The summed E-state index contributed by atoms with van der Waals surface area (Å²) in [7, 11) is 0. The molecule has 1 aliphatic rings. The summed E-state index contributed by atoms with van der Waals surface area (Å²) < 4.78 is 0. The molecule has 0 radical (unpaired) electrons. The molecule has 0 aliphatic carbocycles. The molecule has 1 heterocycles. The van der Waals surface area contributed by atoms with E-state index in [2.05, 4.69) is 37.1 Å². The Morgan fingerprint density at radius 3 is 2.57 bits per heavy atom. The van der Waals surface area contributed by atoms with Crippen molar-refractivity contribution in [3.63, 3.8) is 0 Å². The second-order valence-corrected chi connectivity index (χ2v) is 14.8. The van der Waals surface area contributed by atoms with Gasteiger partial charge in [0, 0.05) is 0 Å². The summed E-state index contributed by atoms with van der Waals surface area (Å²) in [6.07, 6.45) is 3.76. The van der Waals surface area contributed by atoms with Gasteiger partial charge in [-0.2, -0.15) is 0 Å². The van der Waals surface area contributed by atoms with E-state index in [1.807, 2.05) is 0 Å². The Labute approximate surface area is 91.7 Å². The van der Waals surface area contributed by atoms with Crippen molar-refractivity contribution in [2.24, 2.45) is 5.92 Å². The standard InChI is InChI=1S/C12H25GeN/c1-4-12-10-13(5-2,6-3)8-7-9-14-11-12/h7-8,12,14H,4-6,9-11H2,1-3H3/b8-7-. The van der Waals surface area contributed by atoms with Crippen LogP contribution in [0.5, 0.6) is 0 Å². The van der Waals surface area contributed by atoms with Crippen molar-refractivity contribution in [1.82, 2.24) is 5.32 Å². The molecule has 0 amide bonds. The fourth-order valence-electron chi connectivity index (χ4n) is 2.46. The Morgan fingerprint density at radius 1 is 1.29 bits per heavy atom. The van der Waals surface area contributed by atoms with Gasteiger partial charge in [0.15, 0.2) is 0 Å². The SMILES string of the molecule is CCC1CNC/C=[CH]\[Ge]([CH2]C)([CH2]C)[CH2]1. The molecule has 1 aliphatic heterocycles. The van der Waals surface area contributed by atoms with Gasteiger partial charge < -0.3 is 0 Å². The topological polar surface area (TPSA) is 12.0 Å². The monoisotopic (exact) mass is 257 g/mol. The Morgan fingerprint density at radius 2 is 2.00 bits per heavy atom. The van der Waals surface area contributed by atoms with Crippen molar-refractivity contribution in [2.75, 3.05) is 13.1 Å². The molecule has 82 valence electrons. The summed E-state index contributed by atoms with van der Waals surface area (Å²) in [6, 6.07) is 0. The van der Waals surface area contributed by atoms with Gasteiger partial charge in [-0.3, -0.25) is 0 Å². The number of nitrogens with one attached hydrogen (secondary N) is 1. The minimum absolute atomic E-state index is 0.944. The van der Waals surface area contributed by atoms with Crippen molar-refractivity contribution >= 4 is 13.3 Å². The van der Waals surface area contributed by atoms with Gasteiger partial charge in [-0.15, -0.1) is 0 Å². The van der Waals surface area contributed by atoms with Crippen molar-refractivity contribution in [3.8, 4) is 0 Å². The second-order valence-electron chi connectivity index (χ2n) is 4.61. The molecule has 14 heavy (non-hydrogen) atoms. The average molecular weight is 256 g/mol. The van der Waals surface area contributed by atoms with Crippen LogP contribution >= 0.6 is 0 Å². The van der Waals surface area contributed by atoms with Crippen LogP contribution in [-0.2, 0) is 0 Å². The fraction of sp³-hybridized carbons (Fsp3) is 0.833. The molecule has 1 atom stereocenters. The third kappa shape index (κ3) is 3.13. The van der Waals surface area contributed by atoms with Crippen LogP contribution in [0.25, 0.3) is 0 Å².